The van der Waals surface area contributed by atoms with Gasteiger partial charge < -0.3 is 4.74 Å². The first-order valence-electron chi connectivity index (χ1n) is 4.92. The van der Waals surface area contributed by atoms with Crippen molar-refractivity contribution >= 4 is 22.5 Å². The van der Waals surface area contributed by atoms with Gasteiger partial charge in [-0.3, -0.25) is 10.7 Å². The first kappa shape index (κ1) is 12.9. The molecule has 0 aliphatic carbocycles. The van der Waals surface area contributed by atoms with E-state index in [9.17, 15) is 13.2 Å². The van der Waals surface area contributed by atoms with Crippen molar-refractivity contribution in [3.8, 4) is 5.75 Å². The van der Waals surface area contributed by atoms with Gasteiger partial charge in [-0.1, -0.05) is 11.6 Å². The molecule has 0 bridgehead atoms. The third kappa shape index (κ3) is 2.34. The molecule has 2 rings (SSSR count). The second kappa shape index (κ2) is 4.62. The van der Waals surface area contributed by atoms with Gasteiger partial charge in [-0.25, -0.2) is 0 Å². The van der Waals surface area contributed by atoms with E-state index >= 15 is 0 Å². The van der Waals surface area contributed by atoms with Crippen LogP contribution in [-0.2, 0) is 6.18 Å². The molecule has 0 fully saturated rings. The average molecular weight is 277 g/mol. The normalized spacial score (nSPS) is 11.8. The molecule has 0 aliphatic heterocycles. The van der Waals surface area contributed by atoms with Crippen LogP contribution < -0.4 is 10.5 Å². The molecule has 0 saturated carbocycles. The zero-order valence-electron chi connectivity index (χ0n) is 8.96. The van der Waals surface area contributed by atoms with E-state index in [2.05, 4.69) is 4.98 Å². The van der Waals surface area contributed by atoms with E-state index in [0.29, 0.717) is 11.1 Å². The summed E-state index contributed by atoms with van der Waals surface area (Å²) in [5.74, 6) is 0.345. The number of hydrogen-bond acceptors (Lipinski definition) is 3. The fourth-order valence-corrected chi connectivity index (χ4v) is 1.84. The van der Waals surface area contributed by atoms with Crippen LogP contribution in [0.15, 0.2) is 24.4 Å². The molecule has 18 heavy (non-hydrogen) atoms. The monoisotopic (exact) mass is 276 g/mol. The molecule has 0 spiro atoms. The third-order valence-electron chi connectivity index (χ3n) is 2.33. The van der Waals surface area contributed by atoms with Crippen LogP contribution in [-0.4, -0.2) is 11.7 Å². The van der Waals surface area contributed by atoms with Crippen LogP contribution in [0.4, 0.5) is 13.2 Å². The highest BCUT2D eigenvalue weighted by atomic mass is 35.5. The summed E-state index contributed by atoms with van der Waals surface area (Å²) < 4.78 is 43.1. The molecule has 0 atom stereocenters. The van der Waals surface area contributed by atoms with Crippen molar-refractivity contribution in [1.82, 2.24) is 4.98 Å². The highest BCUT2D eigenvalue weighted by Gasteiger charge is 2.33. The van der Waals surface area contributed by atoms with E-state index in [-0.39, 0.29) is 12.2 Å². The molecule has 1 aromatic carbocycles. The van der Waals surface area contributed by atoms with Crippen LogP contribution in [0.1, 0.15) is 5.56 Å². The Morgan fingerprint density at radius 1 is 1.33 bits per heavy atom. The maximum absolute atomic E-state index is 12.7. The first-order valence-corrected chi connectivity index (χ1v) is 5.29. The smallest absolute Gasteiger partial charge is 0.417 e. The average Bonchev–Trinajstić information content (AvgIpc) is 2.28. The number of rotatable bonds is 2. The number of nitrogens with zero attached hydrogens (tertiary/aromatic N) is 1. The largest absolute Gasteiger partial charge is 0.478 e. The van der Waals surface area contributed by atoms with E-state index in [4.69, 9.17) is 22.1 Å². The Kier molecular flexibility index (Phi) is 3.32. The second-order valence-electron chi connectivity index (χ2n) is 3.47. The Hall–Kier alpha value is -1.53. The maximum Gasteiger partial charge on any atom is 0.417 e. The molecule has 0 unspecified atom stereocenters. The minimum Gasteiger partial charge on any atom is -0.478 e. The summed E-state index contributed by atoms with van der Waals surface area (Å²) in [5.41, 5.74) is 4.46. The van der Waals surface area contributed by atoms with Gasteiger partial charge in [-0.05, 0) is 18.2 Å². The highest BCUT2D eigenvalue weighted by molar-refractivity contribution is 6.32. The van der Waals surface area contributed by atoms with Crippen molar-refractivity contribution in [3.05, 3.63) is 35.0 Å². The third-order valence-corrected chi connectivity index (χ3v) is 2.65. The van der Waals surface area contributed by atoms with Gasteiger partial charge in [-0.2, -0.15) is 13.2 Å². The SMILES string of the molecule is NCOc1ccnc2cc(C(F)(F)F)c(Cl)cc12. The maximum atomic E-state index is 12.7. The summed E-state index contributed by atoms with van der Waals surface area (Å²) in [7, 11) is 0. The molecule has 7 heteroatoms. The summed E-state index contributed by atoms with van der Waals surface area (Å²) in [5, 5.41) is -0.00850. The van der Waals surface area contributed by atoms with E-state index in [1.165, 1.54) is 18.3 Å². The summed E-state index contributed by atoms with van der Waals surface area (Å²) in [6, 6.07) is 3.58. The number of hydrogen-bond donors (Lipinski definition) is 1. The lowest BCUT2D eigenvalue weighted by Gasteiger charge is -2.12. The summed E-state index contributed by atoms with van der Waals surface area (Å²) in [6.45, 7) is -0.0856. The molecule has 1 aromatic heterocycles. The molecule has 3 nitrogen and oxygen atoms in total. The van der Waals surface area contributed by atoms with Gasteiger partial charge in [0.05, 0.1) is 16.1 Å². The van der Waals surface area contributed by atoms with Crippen molar-refractivity contribution in [2.45, 2.75) is 6.18 Å². The van der Waals surface area contributed by atoms with Gasteiger partial charge in [0.15, 0.2) is 0 Å². The summed E-state index contributed by atoms with van der Waals surface area (Å²) in [6.07, 6.45) is -3.17. The topological polar surface area (TPSA) is 48.1 Å². The van der Waals surface area contributed by atoms with Gasteiger partial charge >= 0.3 is 6.18 Å². The van der Waals surface area contributed by atoms with Crippen molar-refractivity contribution in [2.75, 3.05) is 6.73 Å². The fourth-order valence-electron chi connectivity index (χ4n) is 1.57. The fraction of sp³-hybridized carbons (Fsp3) is 0.182. The molecule has 2 aromatic rings. The minimum absolute atomic E-state index is 0.0856. The Morgan fingerprint density at radius 3 is 2.67 bits per heavy atom. The number of nitrogens with two attached hydrogens (primary N) is 1. The Bertz CT molecular complexity index is 586. The molecule has 0 radical (unpaired) electrons. The van der Waals surface area contributed by atoms with Crippen LogP contribution in [0, 0.1) is 0 Å². The van der Waals surface area contributed by atoms with Crippen LogP contribution in [0.25, 0.3) is 10.9 Å². The number of aromatic nitrogens is 1. The Labute approximate surface area is 105 Å². The van der Waals surface area contributed by atoms with Crippen LogP contribution >= 0.6 is 11.6 Å². The van der Waals surface area contributed by atoms with Crippen molar-refractivity contribution in [1.29, 1.82) is 0 Å². The van der Waals surface area contributed by atoms with Crippen molar-refractivity contribution in [3.63, 3.8) is 0 Å². The van der Waals surface area contributed by atoms with E-state index in [0.717, 1.165) is 6.07 Å². The van der Waals surface area contributed by atoms with Crippen molar-refractivity contribution < 1.29 is 17.9 Å². The molecule has 96 valence electrons. The van der Waals surface area contributed by atoms with Crippen LogP contribution in [0.5, 0.6) is 5.75 Å². The number of halogens is 4. The zero-order valence-corrected chi connectivity index (χ0v) is 9.72. The van der Waals surface area contributed by atoms with Gasteiger partial charge in [0.2, 0.25) is 0 Å². The van der Waals surface area contributed by atoms with Gasteiger partial charge in [0.25, 0.3) is 0 Å². The second-order valence-corrected chi connectivity index (χ2v) is 3.87. The first-order chi connectivity index (χ1) is 8.43. The standard InChI is InChI=1S/C11H8ClF3N2O/c12-8-3-6-9(4-7(8)11(13,14)15)17-2-1-10(6)18-5-16/h1-4H,5,16H2. The van der Waals surface area contributed by atoms with E-state index in [1.54, 1.807) is 0 Å². The number of benzene rings is 1. The quantitative estimate of drug-likeness (QED) is 0.857. The molecule has 1 heterocycles. The predicted molar refractivity (Wildman–Crippen MR) is 61.4 cm³/mol. The van der Waals surface area contributed by atoms with Crippen LogP contribution in [0.2, 0.25) is 5.02 Å². The molecule has 2 N–H and O–H groups in total. The van der Waals surface area contributed by atoms with Crippen LogP contribution in [0.3, 0.4) is 0 Å². The van der Waals surface area contributed by atoms with E-state index in [1.807, 2.05) is 0 Å². The predicted octanol–water partition coefficient (Wildman–Crippen LogP) is 3.20. The molecular weight excluding hydrogens is 269 g/mol. The van der Waals surface area contributed by atoms with Gasteiger partial charge in [0, 0.05) is 11.6 Å². The lowest BCUT2D eigenvalue weighted by molar-refractivity contribution is -0.137. The molecule has 0 amide bonds. The van der Waals surface area contributed by atoms with Gasteiger partial charge in [0.1, 0.15) is 12.5 Å². The Balaban J connectivity index is 2.67. The summed E-state index contributed by atoms with van der Waals surface area (Å²) in [4.78, 5) is 3.86. The zero-order chi connectivity index (χ0) is 13.3. The number of alkyl halides is 3. The molecule has 0 aliphatic rings. The lowest BCUT2D eigenvalue weighted by atomic mass is 10.1. The summed E-state index contributed by atoms with van der Waals surface area (Å²) >= 11 is 5.63. The lowest BCUT2D eigenvalue weighted by Crippen LogP contribution is -2.09. The van der Waals surface area contributed by atoms with Gasteiger partial charge in [-0.15, -0.1) is 0 Å². The molecule has 0 saturated heterocycles. The Morgan fingerprint density at radius 2 is 2.06 bits per heavy atom. The number of ether oxygens (including phenoxy) is 1. The minimum atomic E-state index is -4.52. The number of pyridine rings is 1. The number of fused-ring (bicyclic) bond motifs is 1. The van der Waals surface area contributed by atoms with E-state index < -0.39 is 16.8 Å². The highest BCUT2D eigenvalue weighted by Crippen LogP contribution is 2.38. The van der Waals surface area contributed by atoms with Crippen molar-refractivity contribution in [2.24, 2.45) is 5.73 Å². The molecular formula is C11H8ClF3N2O.